The molecule has 0 atom stereocenters. The number of fused-ring (bicyclic) bond motifs is 1. The van der Waals surface area contributed by atoms with Crippen molar-refractivity contribution in [2.24, 2.45) is 0 Å². The van der Waals surface area contributed by atoms with Crippen LogP contribution in [-0.2, 0) is 0 Å². The highest BCUT2D eigenvalue weighted by Crippen LogP contribution is 2.27. The van der Waals surface area contributed by atoms with Gasteiger partial charge in [-0.25, -0.2) is 13.8 Å². The molecule has 2 aromatic carbocycles. The van der Waals surface area contributed by atoms with E-state index in [1.54, 1.807) is 0 Å². The van der Waals surface area contributed by atoms with E-state index in [1.807, 2.05) is 30.3 Å². The Kier molecular flexibility index (Phi) is 5.62. The number of aromatic nitrogens is 1. The number of rotatable bonds is 4. The Labute approximate surface area is 172 Å². The first-order valence-corrected chi connectivity index (χ1v) is 9.95. The van der Waals surface area contributed by atoms with Crippen LogP contribution in [0.5, 0.6) is 0 Å². The van der Waals surface area contributed by atoms with Crippen LogP contribution in [0, 0.1) is 11.6 Å². The molecular formula is C22H20ClF2N3O. The Hall–Kier alpha value is -2.73. The number of amides is 1. The van der Waals surface area contributed by atoms with Gasteiger partial charge in [-0.3, -0.25) is 4.79 Å². The van der Waals surface area contributed by atoms with Crippen LogP contribution in [0.4, 0.5) is 14.6 Å². The number of hydrogen-bond donors (Lipinski definition) is 2. The van der Waals surface area contributed by atoms with E-state index in [-0.39, 0.29) is 23.6 Å². The molecule has 2 N–H and O–H groups in total. The normalized spacial score (nSPS) is 19.1. The van der Waals surface area contributed by atoms with E-state index < -0.39 is 11.6 Å². The minimum absolute atomic E-state index is 0.00168. The van der Waals surface area contributed by atoms with Crippen molar-refractivity contribution in [1.29, 1.82) is 0 Å². The summed E-state index contributed by atoms with van der Waals surface area (Å²) in [6, 6.07) is 13.0. The number of benzene rings is 2. The summed E-state index contributed by atoms with van der Waals surface area (Å²) in [7, 11) is 0. The van der Waals surface area contributed by atoms with E-state index in [2.05, 4.69) is 15.6 Å². The van der Waals surface area contributed by atoms with Crippen LogP contribution in [-0.4, -0.2) is 23.0 Å². The number of hydrogen-bond acceptors (Lipinski definition) is 3. The highest BCUT2D eigenvalue weighted by Gasteiger charge is 2.23. The van der Waals surface area contributed by atoms with Crippen LogP contribution < -0.4 is 10.6 Å². The van der Waals surface area contributed by atoms with Gasteiger partial charge in [-0.2, -0.15) is 0 Å². The van der Waals surface area contributed by atoms with Gasteiger partial charge in [0.25, 0.3) is 5.91 Å². The van der Waals surface area contributed by atoms with Gasteiger partial charge in [-0.05, 0) is 56.0 Å². The molecule has 4 nitrogen and oxygen atoms in total. The van der Waals surface area contributed by atoms with Crippen LogP contribution >= 0.6 is 11.6 Å². The third kappa shape index (κ3) is 4.48. The molecule has 0 radical (unpaired) electrons. The number of halogens is 3. The molecule has 1 saturated carbocycles. The maximum atomic E-state index is 13.3. The van der Waals surface area contributed by atoms with E-state index in [0.29, 0.717) is 5.02 Å². The maximum Gasteiger partial charge on any atom is 0.251 e. The van der Waals surface area contributed by atoms with E-state index in [4.69, 9.17) is 11.6 Å². The second-order valence-electron chi connectivity index (χ2n) is 7.30. The Morgan fingerprint density at radius 1 is 0.966 bits per heavy atom. The molecule has 150 valence electrons. The monoisotopic (exact) mass is 415 g/mol. The molecule has 0 unspecified atom stereocenters. The Balaban J connectivity index is 1.33. The summed E-state index contributed by atoms with van der Waals surface area (Å²) < 4.78 is 26.4. The van der Waals surface area contributed by atoms with E-state index in [0.717, 1.165) is 54.5 Å². The highest BCUT2D eigenvalue weighted by molar-refractivity contribution is 6.35. The van der Waals surface area contributed by atoms with Crippen LogP contribution in [0.25, 0.3) is 10.9 Å². The molecule has 1 fully saturated rings. The van der Waals surface area contributed by atoms with Gasteiger partial charge in [0, 0.05) is 23.0 Å². The summed E-state index contributed by atoms with van der Waals surface area (Å²) in [6.45, 7) is 0. The first kappa shape index (κ1) is 19.6. The molecule has 0 saturated heterocycles. The quantitative estimate of drug-likeness (QED) is 0.606. The topological polar surface area (TPSA) is 54.0 Å². The molecule has 1 aromatic heterocycles. The van der Waals surface area contributed by atoms with Crippen LogP contribution in [0.1, 0.15) is 36.0 Å². The molecule has 1 heterocycles. The van der Waals surface area contributed by atoms with E-state index in [1.165, 1.54) is 6.07 Å². The number of anilines is 1. The predicted octanol–water partition coefficient (Wildman–Crippen LogP) is 5.32. The smallest absolute Gasteiger partial charge is 0.251 e. The second-order valence-corrected chi connectivity index (χ2v) is 7.71. The molecule has 4 rings (SSSR count). The van der Waals surface area contributed by atoms with Gasteiger partial charge in [0.15, 0.2) is 11.6 Å². The first-order chi connectivity index (χ1) is 14.0. The van der Waals surface area contributed by atoms with Crippen molar-refractivity contribution in [3.05, 3.63) is 70.8 Å². The molecule has 29 heavy (non-hydrogen) atoms. The number of nitrogens with zero attached hydrogens (tertiary/aromatic N) is 1. The molecular weight excluding hydrogens is 396 g/mol. The third-order valence-corrected chi connectivity index (χ3v) is 5.57. The number of para-hydroxylation sites is 1. The zero-order valence-electron chi connectivity index (χ0n) is 15.6. The fourth-order valence-corrected chi connectivity index (χ4v) is 3.97. The molecule has 1 aliphatic rings. The first-order valence-electron chi connectivity index (χ1n) is 9.57. The number of pyridine rings is 1. The lowest BCUT2D eigenvalue weighted by molar-refractivity contribution is 0.0926. The summed E-state index contributed by atoms with van der Waals surface area (Å²) in [6.07, 6.45) is 3.28. The fraction of sp³-hybridized carbons (Fsp3) is 0.273. The standard InChI is InChI=1S/C22H20ClF2N3O/c23-17-12-21(28-20-4-2-1-3-16(17)20)26-14-6-8-15(9-7-14)27-22(29)13-5-10-18(24)19(25)11-13/h1-5,10-12,14-15H,6-9H2,(H,26,28)(H,27,29). The van der Waals surface area contributed by atoms with Crippen LogP contribution in [0.3, 0.4) is 0 Å². The number of carbonyl (C=O) groups is 1. The van der Waals surface area contributed by atoms with Crippen molar-refractivity contribution < 1.29 is 13.6 Å². The van der Waals surface area contributed by atoms with Gasteiger partial charge in [0.05, 0.1) is 10.5 Å². The van der Waals surface area contributed by atoms with Crippen molar-refractivity contribution in [2.45, 2.75) is 37.8 Å². The third-order valence-electron chi connectivity index (χ3n) is 5.26. The zero-order valence-corrected chi connectivity index (χ0v) is 16.3. The van der Waals surface area contributed by atoms with Crippen molar-refractivity contribution in [3.63, 3.8) is 0 Å². The van der Waals surface area contributed by atoms with Crippen molar-refractivity contribution in [2.75, 3.05) is 5.32 Å². The Bertz CT molecular complexity index is 1050. The van der Waals surface area contributed by atoms with Gasteiger partial charge in [-0.1, -0.05) is 29.8 Å². The van der Waals surface area contributed by atoms with E-state index in [9.17, 15) is 13.6 Å². The Morgan fingerprint density at radius 3 is 2.45 bits per heavy atom. The molecule has 0 bridgehead atoms. The average molecular weight is 416 g/mol. The van der Waals surface area contributed by atoms with Gasteiger partial charge >= 0.3 is 0 Å². The van der Waals surface area contributed by atoms with Gasteiger partial charge in [0.1, 0.15) is 5.82 Å². The highest BCUT2D eigenvalue weighted by atomic mass is 35.5. The molecule has 1 aliphatic carbocycles. The molecule has 3 aromatic rings. The van der Waals surface area contributed by atoms with Gasteiger partial charge in [-0.15, -0.1) is 0 Å². The summed E-state index contributed by atoms with van der Waals surface area (Å²) in [5.41, 5.74) is 0.967. The molecule has 7 heteroatoms. The van der Waals surface area contributed by atoms with Gasteiger partial charge < -0.3 is 10.6 Å². The molecule has 1 amide bonds. The predicted molar refractivity (Wildman–Crippen MR) is 110 cm³/mol. The SMILES string of the molecule is O=C(NC1CCC(Nc2cc(Cl)c3ccccc3n2)CC1)c1ccc(F)c(F)c1. The van der Waals surface area contributed by atoms with Crippen molar-refractivity contribution >= 4 is 34.2 Å². The van der Waals surface area contributed by atoms with Crippen LogP contribution in [0.2, 0.25) is 5.02 Å². The lowest BCUT2D eigenvalue weighted by Crippen LogP contribution is -2.40. The fourth-order valence-electron chi connectivity index (χ4n) is 3.70. The summed E-state index contributed by atoms with van der Waals surface area (Å²) in [4.78, 5) is 16.9. The summed E-state index contributed by atoms with van der Waals surface area (Å²) in [5.74, 6) is -1.63. The summed E-state index contributed by atoms with van der Waals surface area (Å²) in [5, 5.41) is 7.92. The van der Waals surface area contributed by atoms with Crippen molar-refractivity contribution in [3.8, 4) is 0 Å². The number of nitrogens with one attached hydrogen (secondary N) is 2. The molecule has 0 aliphatic heterocycles. The summed E-state index contributed by atoms with van der Waals surface area (Å²) >= 11 is 6.36. The average Bonchev–Trinajstić information content (AvgIpc) is 2.71. The second kappa shape index (κ2) is 8.33. The lowest BCUT2D eigenvalue weighted by atomic mass is 9.91. The number of carbonyl (C=O) groups excluding carboxylic acids is 1. The van der Waals surface area contributed by atoms with Crippen LogP contribution in [0.15, 0.2) is 48.5 Å². The van der Waals surface area contributed by atoms with Gasteiger partial charge in [0.2, 0.25) is 0 Å². The van der Waals surface area contributed by atoms with Crippen molar-refractivity contribution in [1.82, 2.24) is 10.3 Å². The minimum atomic E-state index is -1.02. The minimum Gasteiger partial charge on any atom is -0.367 e. The molecule has 0 spiro atoms. The lowest BCUT2D eigenvalue weighted by Gasteiger charge is -2.30. The maximum absolute atomic E-state index is 13.3. The largest absolute Gasteiger partial charge is 0.367 e. The Morgan fingerprint density at radius 2 is 1.69 bits per heavy atom. The zero-order chi connectivity index (χ0) is 20.4. The van der Waals surface area contributed by atoms with E-state index >= 15 is 0 Å².